The minimum atomic E-state index is 0.198. The molecule has 8 nitrogen and oxygen atoms in total. The molecule has 0 aromatic heterocycles. The van der Waals surface area contributed by atoms with E-state index < -0.39 is 0 Å². The number of nitrogens with zero attached hydrogens (tertiary/aromatic N) is 2. The quantitative estimate of drug-likeness (QED) is 0.0941. The van der Waals surface area contributed by atoms with Crippen molar-refractivity contribution in [2.24, 2.45) is 5.92 Å². The zero-order valence-electron chi connectivity index (χ0n) is 29.9. The second kappa shape index (κ2) is 29.2. The van der Waals surface area contributed by atoms with Gasteiger partial charge in [0.15, 0.2) is 0 Å². The maximum absolute atomic E-state index is 11.9. The summed E-state index contributed by atoms with van der Waals surface area (Å²) in [6.07, 6.45) is 13.0. The van der Waals surface area contributed by atoms with Crippen molar-refractivity contribution in [2.75, 3.05) is 47.0 Å². The van der Waals surface area contributed by atoms with Gasteiger partial charge in [-0.05, 0) is 73.1 Å². The molecule has 0 rings (SSSR count). The monoisotopic (exact) mass is 615 g/mol. The third-order valence-electron chi connectivity index (χ3n) is 7.60. The van der Waals surface area contributed by atoms with E-state index in [9.17, 15) is 14.4 Å². The van der Waals surface area contributed by atoms with Crippen LogP contribution < -0.4 is 0 Å². The first-order chi connectivity index (χ1) is 20.3. The largest absolute Gasteiger partial charge is 0.379 e. The van der Waals surface area contributed by atoms with Crippen molar-refractivity contribution < 1.29 is 28.6 Å². The molecule has 0 aliphatic heterocycles. The zero-order chi connectivity index (χ0) is 33.0. The van der Waals surface area contributed by atoms with Gasteiger partial charge in [-0.2, -0.15) is 0 Å². The molecule has 8 heteroatoms. The normalized spacial score (nSPS) is 12.6. The Balaban J connectivity index is 0. The van der Waals surface area contributed by atoms with E-state index in [1.807, 2.05) is 48.7 Å². The zero-order valence-corrected chi connectivity index (χ0v) is 29.9. The van der Waals surface area contributed by atoms with E-state index in [4.69, 9.17) is 14.2 Å². The molecule has 0 aromatic rings. The number of Topliss-reactive ketones (excluding diaryl/α,β-unsaturated/α-hetero) is 1. The first-order valence-electron chi connectivity index (χ1n) is 17.2. The molecule has 2 unspecified atom stereocenters. The highest BCUT2D eigenvalue weighted by Gasteiger charge is 2.11. The number of carbonyl (C=O) groups is 3. The molecule has 2 atom stereocenters. The Hall–Kier alpha value is -1.51. The molecule has 43 heavy (non-hydrogen) atoms. The van der Waals surface area contributed by atoms with Gasteiger partial charge in [-0.1, -0.05) is 46.5 Å². The lowest BCUT2D eigenvalue weighted by Crippen LogP contribution is -2.30. The van der Waals surface area contributed by atoms with E-state index in [-0.39, 0.29) is 29.9 Å². The van der Waals surface area contributed by atoms with E-state index in [0.29, 0.717) is 57.5 Å². The summed E-state index contributed by atoms with van der Waals surface area (Å²) in [4.78, 5) is 39.0. The average molecular weight is 615 g/mol. The van der Waals surface area contributed by atoms with Crippen LogP contribution in [0, 0.1) is 5.92 Å². The molecule has 0 spiro atoms. The van der Waals surface area contributed by atoms with Crippen molar-refractivity contribution in [1.82, 2.24) is 9.80 Å². The molecule has 0 bridgehead atoms. The fourth-order valence-corrected chi connectivity index (χ4v) is 4.02. The Morgan fingerprint density at radius 1 is 0.535 bits per heavy atom. The van der Waals surface area contributed by atoms with Gasteiger partial charge in [0.2, 0.25) is 11.8 Å². The van der Waals surface area contributed by atoms with Crippen molar-refractivity contribution in [3.05, 3.63) is 0 Å². The van der Waals surface area contributed by atoms with E-state index in [2.05, 4.69) is 20.8 Å². The lowest BCUT2D eigenvalue weighted by Gasteiger charge is -2.18. The van der Waals surface area contributed by atoms with E-state index in [1.54, 1.807) is 9.80 Å². The highest BCUT2D eigenvalue weighted by atomic mass is 16.5. The van der Waals surface area contributed by atoms with E-state index >= 15 is 0 Å². The predicted molar refractivity (Wildman–Crippen MR) is 178 cm³/mol. The van der Waals surface area contributed by atoms with Crippen molar-refractivity contribution in [3.63, 3.8) is 0 Å². The van der Waals surface area contributed by atoms with Crippen LogP contribution in [0.15, 0.2) is 0 Å². The lowest BCUT2D eigenvalue weighted by molar-refractivity contribution is -0.131. The Labute approximate surface area is 265 Å². The molecule has 0 saturated carbocycles. The van der Waals surface area contributed by atoms with Crippen LogP contribution in [0.5, 0.6) is 0 Å². The molecule has 0 saturated heterocycles. The molecule has 0 aliphatic carbocycles. The summed E-state index contributed by atoms with van der Waals surface area (Å²) >= 11 is 0. The number of amides is 2. The molecule has 0 N–H and O–H groups in total. The Morgan fingerprint density at radius 3 is 1.37 bits per heavy atom. The number of likely N-dealkylation sites (N-methyl/N-ethyl adjacent to an activating group) is 2. The van der Waals surface area contributed by atoms with Crippen LogP contribution in [-0.2, 0) is 28.6 Å². The third kappa shape index (κ3) is 29.0. The topological polar surface area (TPSA) is 85.4 Å². The first kappa shape index (κ1) is 43.6. The molecular formula is C35H70N2O6. The summed E-state index contributed by atoms with van der Waals surface area (Å²) in [5.74, 6) is 1.01. The summed E-state index contributed by atoms with van der Waals surface area (Å²) in [5.41, 5.74) is 0. The van der Waals surface area contributed by atoms with Crippen molar-refractivity contribution >= 4 is 17.6 Å². The number of ketones is 1. The van der Waals surface area contributed by atoms with Crippen LogP contribution in [0.25, 0.3) is 0 Å². The molecular weight excluding hydrogens is 544 g/mol. The van der Waals surface area contributed by atoms with Crippen LogP contribution in [0.2, 0.25) is 0 Å². The van der Waals surface area contributed by atoms with Crippen LogP contribution in [0.4, 0.5) is 0 Å². The van der Waals surface area contributed by atoms with Gasteiger partial charge >= 0.3 is 0 Å². The SMILES string of the molecule is CCC(C)C(=O)CCCCCCCC(=O)N(C)CCOC(C)C.CCC(C)OCCCCCC(=O)N(C)CCOC(C)C. The summed E-state index contributed by atoms with van der Waals surface area (Å²) < 4.78 is 16.5. The van der Waals surface area contributed by atoms with Crippen molar-refractivity contribution in [3.8, 4) is 0 Å². The summed E-state index contributed by atoms with van der Waals surface area (Å²) in [6.45, 7) is 19.7. The minimum Gasteiger partial charge on any atom is -0.379 e. The average Bonchev–Trinajstić information content (AvgIpc) is 2.97. The van der Waals surface area contributed by atoms with Gasteiger partial charge in [0, 0.05) is 59.0 Å². The van der Waals surface area contributed by atoms with Gasteiger partial charge in [0.1, 0.15) is 5.78 Å². The molecule has 256 valence electrons. The van der Waals surface area contributed by atoms with E-state index in [1.165, 1.54) is 0 Å². The van der Waals surface area contributed by atoms with Gasteiger partial charge < -0.3 is 24.0 Å². The number of rotatable bonds is 26. The Kier molecular flexibility index (Phi) is 29.6. The van der Waals surface area contributed by atoms with Gasteiger partial charge in [-0.25, -0.2) is 0 Å². The predicted octanol–water partition coefficient (Wildman–Crippen LogP) is 7.46. The number of hydrogen-bond donors (Lipinski definition) is 0. The number of carbonyl (C=O) groups excluding carboxylic acids is 3. The van der Waals surface area contributed by atoms with Gasteiger partial charge in [0.05, 0.1) is 31.5 Å². The molecule has 2 amide bonds. The van der Waals surface area contributed by atoms with Gasteiger partial charge in [-0.15, -0.1) is 0 Å². The third-order valence-corrected chi connectivity index (χ3v) is 7.60. The van der Waals surface area contributed by atoms with Gasteiger partial charge in [-0.3, -0.25) is 14.4 Å². The number of ether oxygens (including phenoxy) is 3. The second-order valence-corrected chi connectivity index (χ2v) is 12.4. The van der Waals surface area contributed by atoms with Crippen molar-refractivity contribution in [1.29, 1.82) is 0 Å². The smallest absolute Gasteiger partial charge is 0.222 e. The first-order valence-corrected chi connectivity index (χ1v) is 17.2. The molecule has 0 heterocycles. The molecule has 0 aliphatic rings. The highest BCUT2D eigenvalue weighted by molar-refractivity contribution is 5.80. The van der Waals surface area contributed by atoms with Crippen LogP contribution in [0.3, 0.4) is 0 Å². The van der Waals surface area contributed by atoms with Crippen LogP contribution in [-0.4, -0.2) is 92.7 Å². The van der Waals surface area contributed by atoms with Crippen molar-refractivity contribution in [2.45, 2.75) is 157 Å². The summed E-state index contributed by atoms with van der Waals surface area (Å²) in [7, 11) is 3.69. The highest BCUT2D eigenvalue weighted by Crippen LogP contribution is 2.12. The number of hydrogen-bond acceptors (Lipinski definition) is 6. The Bertz CT molecular complexity index is 685. The maximum atomic E-state index is 11.9. The number of unbranched alkanes of at least 4 members (excludes halogenated alkanes) is 6. The van der Waals surface area contributed by atoms with E-state index in [0.717, 1.165) is 70.8 Å². The van der Waals surface area contributed by atoms with Gasteiger partial charge in [0.25, 0.3) is 0 Å². The Morgan fingerprint density at radius 2 is 0.953 bits per heavy atom. The minimum absolute atomic E-state index is 0.198. The lowest BCUT2D eigenvalue weighted by atomic mass is 9.98. The summed E-state index contributed by atoms with van der Waals surface area (Å²) in [6, 6.07) is 0. The molecule has 0 fully saturated rings. The van der Waals surface area contributed by atoms with Crippen LogP contribution >= 0.6 is 0 Å². The fraction of sp³-hybridized carbons (Fsp3) is 0.914. The molecule has 0 radical (unpaired) electrons. The maximum Gasteiger partial charge on any atom is 0.222 e. The van der Waals surface area contributed by atoms with Crippen LogP contribution in [0.1, 0.15) is 139 Å². The standard InChI is InChI=1S/C19H37NO3.C16H33NO3/c1-6-17(4)18(21)12-10-8-7-9-11-13-19(22)20(5)14-15-23-16(2)3;1-6-15(4)20-12-9-7-8-10-16(18)17(5)11-13-19-14(2)3/h16-17H,6-15H2,1-5H3;14-15H,6-13H2,1-5H3. The summed E-state index contributed by atoms with van der Waals surface area (Å²) in [5, 5.41) is 0. The second-order valence-electron chi connectivity index (χ2n) is 12.4. The molecule has 0 aromatic carbocycles. The fourth-order valence-electron chi connectivity index (χ4n) is 4.02.